The summed E-state index contributed by atoms with van der Waals surface area (Å²) in [7, 11) is 0. The van der Waals surface area contributed by atoms with Crippen molar-refractivity contribution in [3.8, 4) is 0 Å². The predicted molar refractivity (Wildman–Crippen MR) is 138 cm³/mol. The van der Waals surface area contributed by atoms with Crippen molar-refractivity contribution in [3.63, 3.8) is 0 Å². The first kappa shape index (κ1) is 20.6. The zero-order valence-corrected chi connectivity index (χ0v) is 19.2. The first-order valence-corrected chi connectivity index (χ1v) is 11.7. The van der Waals surface area contributed by atoms with Crippen molar-refractivity contribution in [3.05, 3.63) is 126 Å². The minimum absolute atomic E-state index is 0.0930. The maximum atomic E-state index is 13.1. The number of carbonyl (C=O) groups excluding carboxylic acids is 1. The SMILES string of the molecule is O=C(C[n+]1ccc2c3ccccc3n(Cc3ccc(Cl)cc3)c2c1)c1ccc2ccccc2c1. The summed E-state index contributed by atoms with van der Waals surface area (Å²) in [5, 5.41) is 5.34. The Morgan fingerprint density at radius 1 is 0.765 bits per heavy atom. The summed E-state index contributed by atoms with van der Waals surface area (Å²) in [6.07, 6.45) is 4.09. The van der Waals surface area contributed by atoms with Gasteiger partial charge in [-0.05, 0) is 40.6 Å². The molecule has 0 spiro atoms. The lowest BCUT2D eigenvalue weighted by Crippen LogP contribution is -2.37. The van der Waals surface area contributed by atoms with Gasteiger partial charge in [-0.2, -0.15) is 4.57 Å². The number of para-hydroxylation sites is 1. The standard InChI is InChI=1S/C30H22ClN2O/c31-25-13-9-21(10-14-25)18-33-28-8-4-3-7-26(28)27-15-16-32(19-29(27)33)20-30(34)24-12-11-22-5-1-2-6-23(22)17-24/h1-17,19H,18,20H2/q+1. The topological polar surface area (TPSA) is 25.9 Å². The molecule has 0 fully saturated rings. The Balaban J connectivity index is 1.39. The summed E-state index contributed by atoms with van der Waals surface area (Å²) in [5.74, 6) is 0.0930. The molecule has 0 bridgehead atoms. The van der Waals surface area contributed by atoms with Crippen molar-refractivity contribution in [1.29, 1.82) is 0 Å². The molecule has 6 rings (SSSR count). The van der Waals surface area contributed by atoms with E-state index < -0.39 is 0 Å². The number of Topliss-reactive ketones (excluding diaryl/α,β-unsaturated/α-hetero) is 1. The number of halogens is 1. The first-order valence-electron chi connectivity index (χ1n) is 11.3. The predicted octanol–water partition coefficient (Wildman–Crippen LogP) is 6.82. The third-order valence-corrected chi connectivity index (χ3v) is 6.68. The van der Waals surface area contributed by atoms with Crippen molar-refractivity contribution < 1.29 is 9.36 Å². The lowest BCUT2D eigenvalue weighted by Gasteiger charge is -2.07. The highest BCUT2D eigenvalue weighted by atomic mass is 35.5. The van der Waals surface area contributed by atoms with Crippen LogP contribution in [0.1, 0.15) is 15.9 Å². The molecule has 6 aromatic rings. The van der Waals surface area contributed by atoms with Crippen molar-refractivity contribution >= 4 is 50.0 Å². The molecule has 0 aliphatic carbocycles. The fourth-order valence-corrected chi connectivity index (χ4v) is 4.82. The lowest BCUT2D eigenvalue weighted by molar-refractivity contribution is -0.682. The Morgan fingerprint density at radius 3 is 2.35 bits per heavy atom. The number of fused-ring (bicyclic) bond motifs is 4. The number of aromatic nitrogens is 2. The number of nitrogens with zero attached hydrogens (tertiary/aromatic N) is 2. The van der Waals surface area contributed by atoms with Crippen LogP contribution in [0, 0.1) is 0 Å². The molecule has 4 heteroatoms. The van der Waals surface area contributed by atoms with Crippen LogP contribution in [0.5, 0.6) is 0 Å². The van der Waals surface area contributed by atoms with E-state index in [9.17, 15) is 4.79 Å². The Morgan fingerprint density at radius 2 is 1.50 bits per heavy atom. The number of hydrogen-bond acceptors (Lipinski definition) is 1. The molecule has 3 nitrogen and oxygen atoms in total. The van der Waals surface area contributed by atoms with E-state index in [1.165, 1.54) is 21.9 Å². The van der Waals surface area contributed by atoms with Gasteiger partial charge in [-0.1, -0.05) is 78.3 Å². The van der Waals surface area contributed by atoms with Crippen LogP contribution in [0.25, 0.3) is 32.6 Å². The summed E-state index contributed by atoms with van der Waals surface area (Å²) in [6, 6.07) is 32.5. The second kappa shape index (κ2) is 8.44. The average molecular weight is 462 g/mol. The van der Waals surface area contributed by atoms with Gasteiger partial charge < -0.3 is 4.57 Å². The van der Waals surface area contributed by atoms with Gasteiger partial charge in [0.2, 0.25) is 12.3 Å². The monoisotopic (exact) mass is 461 g/mol. The highest BCUT2D eigenvalue weighted by Gasteiger charge is 2.17. The molecule has 4 aromatic carbocycles. The lowest BCUT2D eigenvalue weighted by atomic mass is 10.0. The molecule has 0 aliphatic rings. The maximum absolute atomic E-state index is 13.1. The Hall–Kier alpha value is -3.95. The van der Waals surface area contributed by atoms with Crippen LogP contribution in [-0.2, 0) is 13.1 Å². The largest absolute Gasteiger partial charge is 0.331 e. The van der Waals surface area contributed by atoms with Crippen LogP contribution in [0.3, 0.4) is 0 Å². The van der Waals surface area contributed by atoms with Crippen LogP contribution in [0.2, 0.25) is 5.02 Å². The molecular weight excluding hydrogens is 440 g/mol. The molecule has 0 saturated carbocycles. The minimum atomic E-state index is 0.0930. The van der Waals surface area contributed by atoms with Crippen molar-refractivity contribution in [2.75, 3.05) is 0 Å². The summed E-state index contributed by atoms with van der Waals surface area (Å²) in [6.45, 7) is 1.01. The summed E-state index contributed by atoms with van der Waals surface area (Å²) < 4.78 is 4.29. The Kier molecular flexibility index (Phi) is 5.12. The van der Waals surface area contributed by atoms with E-state index in [-0.39, 0.29) is 12.3 Å². The fourth-order valence-electron chi connectivity index (χ4n) is 4.70. The number of carbonyl (C=O) groups is 1. The van der Waals surface area contributed by atoms with Crippen LogP contribution >= 0.6 is 11.6 Å². The number of hydrogen-bond donors (Lipinski definition) is 0. The zero-order valence-electron chi connectivity index (χ0n) is 18.5. The smallest absolute Gasteiger partial charge is 0.227 e. The quantitative estimate of drug-likeness (QED) is 0.204. The molecule has 2 heterocycles. The van der Waals surface area contributed by atoms with Gasteiger partial charge in [-0.25, -0.2) is 0 Å². The third kappa shape index (κ3) is 3.74. The molecule has 164 valence electrons. The van der Waals surface area contributed by atoms with Gasteiger partial charge in [-0.15, -0.1) is 0 Å². The second-order valence-corrected chi connectivity index (χ2v) is 9.07. The fraction of sp³-hybridized carbons (Fsp3) is 0.0667. The Labute approximate surface area is 202 Å². The normalized spacial score (nSPS) is 11.4. The molecular formula is C30H22ClN2O+. The van der Waals surface area contributed by atoms with Crippen molar-refractivity contribution in [2.45, 2.75) is 13.1 Å². The van der Waals surface area contributed by atoms with Gasteiger partial charge in [-0.3, -0.25) is 4.79 Å². The molecule has 0 atom stereocenters. The molecule has 0 amide bonds. The van der Waals surface area contributed by atoms with E-state index in [1.807, 2.05) is 59.3 Å². The van der Waals surface area contributed by atoms with Gasteiger partial charge in [0.15, 0.2) is 12.4 Å². The van der Waals surface area contributed by atoms with E-state index >= 15 is 0 Å². The van der Waals surface area contributed by atoms with Crippen LogP contribution in [-0.4, -0.2) is 10.4 Å². The summed E-state index contributed by atoms with van der Waals surface area (Å²) in [4.78, 5) is 13.1. The van der Waals surface area contributed by atoms with E-state index in [1.54, 1.807) is 0 Å². The average Bonchev–Trinajstić information content (AvgIpc) is 3.18. The molecule has 34 heavy (non-hydrogen) atoms. The highest BCUT2D eigenvalue weighted by molar-refractivity contribution is 6.30. The zero-order chi connectivity index (χ0) is 23.1. The van der Waals surface area contributed by atoms with E-state index in [2.05, 4.69) is 59.3 Å². The molecule has 0 aliphatic heterocycles. The number of rotatable bonds is 5. The summed E-state index contributed by atoms with van der Waals surface area (Å²) >= 11 is 6.09. The first-order chi connectivity index (χ1) is 16.7. The van der Waals surface area contributed by atoms with Crippen molar-refractivity contribution in [1.82, 2.24) is 4.57 Å². The van der Waals surface area contributed by atoms with Gasteiger partial charge in [0.05, 0.1) is 0 Å². The molecule has 2 aromatic heterocycles. The van der Waals surface area contributed by atoms with Crippen LogP contribution < -0.4 is 4.57 Å². The number of pyridine rings is 1. The van der Waals surface area contributed by atoms with E-state index in [4.69, 9.17) is 11.6 Å². The number of benzene rings is 4. The van der Waals surface area contributed by atoms with Crippen molar-refractivity contribution in [2.24, 2.45) is 0 Å². The Bertz CT molecular complexity index is 1680. The molecule has 0 saturated heterocycles. The van der Waals surface area contributed by atoms with E-state index in [0.29, 0.717) is 0 Å². The van der Waals surface area contributed by atoms with Gasteiger partial charge in [0.1, 0.15) is 5.52 Å². The van der Waals surface area contributed by atoms with Crippen LogP contribution in [0.15, 0.2) is 109 Å². The van der Waals surface area contributed by atoms with Gasteiger partial charge >= 0.3 is 0 Å². The van der Waals surface area contributed by atoms with Crippen LogP contribution in [0.4, 0.5) is 0 Å². The van der Waals surface area contributed by atoms with Gasteiger partial charge in [0.25, 0.3) is 0 Å². The molecule has 0 radical (unpaired) electrons. The maximum Gasteiger partial charge on any atom is 0.227 e. The third-order valence-electron chi connectivity index (χ3n) is 6.42. The summed E-state index contributed by atoms with van der Waals surface area (Å²) in [5.41, 5.74) is 4.18. The number of ketones is 1. The molecule has 0 unspecified atom stereocenters. The second-order valence-electron chi connectivity index (χ2n) is 8.63. The minimum Gasteiger partial charge on any atom is -0.331 e. The van der Waals surface area contributed by atoms with Gasteiger partial charge in [0, 0.05) is 39.5 Å². The van der Waals surface area contributed by atoms with E-state index in [0.717, 1.165) is 33.4 Å². The highest BCUT2D eigenvalue weighted by Crippen LogP contribution is 2.29. The molecule has 0 N–H and O–H groups in total.